The number of aromatic nitrogens is 2. The Kier molecular flexibility index (Phi) is 2.74. The highest BCUT2D eigenvalue weighted by molar-refractivity contribution is 7.03. The average Bonchev–Trinajstić information content (AvgIpc) is 2.55. The lowest BCUT2D eigenvalue weighted by atomic mass is 10.3. The third-order valence-corrected chi connectivity index (χ3v) is 3.09. The monoisotopic (exact) mass is 240 g/mol. The van der Waals surface area contributed by atoms with E-state index in [1.807, 2.05) is 0 Å². The second-order valence-electron chi connectivity index (χ2n) is 3.13. The van der Waals surface area contributed by atoms with Crippen molar-refractivity contribution in [3.63, 3.8) is 0 Å². The van der Waals surface area contributed by atoms with Gasteiger partial charge in [0.15, 0.2) is 0 Å². The topological polar surface area (TPSA) is 44.0 Å². The van der Waals surface area contributed by atoms with Crippen LogP contribution in [0.2, 0.25) is 0 Å². The van der Waals surface area contributed by atoms with E-state index in [0.717, 1.165) is 8.52 Å². The smallest absolute Gasteiger partial charge is 0.255 e. The summed E-state index contributed by atoms with van der Waals surface area (Å²) < 4.78 is 15.6. The Balaban J connectivity index is 2.72. The number of benzene rings is 1. The molecule has 2 rings (SSSR count). The van der Waals surface area contributed by atoms with Gasteiger partial charge in [-0.25, -0.2) is 17.7 Å². The lowest BCUT2D eigenvalue weighted by molar-refractivity contribution is 0.615. The van der Waals surface area contributed by atoms with Crippen molar-refractivity contribution in [3.8, 4) is 5.69 Å². The van der Waals surface area contributed by atoms with Gasteiger partial charge in [-0.15, -0.1) is 0 Å². The fourth-order valence-electron chi connectivity index (χ4n) is 1.39. The first-order valence-corrected chi connectivity index (χ1v) is 5.50. The Bertz CT molecular complexity index is 626. The summed E-state index contributed by atoms with van der Waals surface area (Å²) in [4.78, 5) is 22.8. The van der Waals surface area contributed by atoms with E-state index in [4.69, 9.17) is 0 Å². The van der Waals surface area contributed by atoms with Crippen molar-refractivity contribution in [2.45, 2.75) is 13.5 Å². The molecular weight excluding hydrogens is 231 g/mol. The Morgan fingerprint density at radius 2 is 2.00 bits per heavy atom. The quantitative estimate of drug-likeness (QED) is 0.792. The average molecular weight is 240 g/mol. The zero-order valence-electron chi connectivity index (χ0n) is 8.51. The van der Waals surface area contributed by atoms with Gasteiger partial charge >= 0.3 is 10.6 Å². The first-order chi connectivity index (χ1) is 7.65. The third-order valence-electron chi connectivity index (χ3n) is 2.18. The van der Waals surface area contributed by atoms with Crippen molar-refractivity contribution in [3.05, 3.63) is 50.2 Å². The molecule has 0 unspecified atom stereocenters. The minimum atomic E-state index is -0.519. The van der Waals surface area contributed by atoms with E-state index < -0.39 is 11.5 Å². The van der Waals surface area contributed by atoms with Crippen LogP contribution in [0.4, 0.5) is 4.39 Å². The predicted octanol–water partition coefficient (Wildman–Crippen LogP) is 1.22. The van der Waals surface area contributed by atoms with Crippen LogP contribution < -0.4 is 10.6 Å². The molecule has 1 heterocycles. The Morgan fingerprint density at radius 3 is 2.56 bits per heavy atom. The minimum Gasteiger partial charge on any atom is -0.255 e. The fourth-order valence-corrected chi connectivity index (χ4v) is 2.27. The van der Waals surface area contributed by atoms with Crippen molar-refractivity contribution in [1.82, 2.24) is 8.52 Å². The molecule has 84 valence electrons. The molecule has 0 saturated carbocycles. The molecule has 0 fully saturated rings. The summed E-state index contributed by atoms with van der Waals surface area (Å²) in [7, 11) is 0. The van der Waals surface area contributed by atoms with E-state index in [1.54, 1.807) is 13.0 Å². The van der Waals surface area contributed by atoms with Crippen LogP contribution in [0.5, 0.6) is 0 Å². The molecule has 0 radical (unpaired) electrons. The summed E-state index contributed by atoms with van der Waals surface area (Å²) in [5.41, 5.74) is -0.385. The maximum absolute atomic E-state index is 13.4. The normalized spacial score (nSPS) is 10.6. The van der Waals surface area contributed by atoms with Crippen LogP contribution in [0.15, 0.2) is 33.9 Å². The van der Waals surface area contributed by atoms with Crippen LogP contribution in [-0.4, -0.2) is 8.52 Å². The molecule has 4 nitrogen and oxygen atoms in total. The standard InChI is InChI=1S/C10H9FN2O2S/c1-2-12-9(14)13(16-10(12)15)8-6-4-3-5-7(8)11/h3-6H,2H2,1H3. The molecule has 0 atom stereocenters. The van der Waals surface area contributed by atoms with Gasteiger partial charge in [0.25, 0.3) is 0 Å². The Hall–Kier alpha value is -1.69. The molecule has 16 heavy (non-hydrogen) atoms. The van der Waals surface area contributed by atoms with E-state index in [-0.39, 0.29) is 17.1 Å². The first kappa shape index (κ1) is 10.8. The molecule has 0 bridgehead atoms. The summed E-state index contributed by atoms with van der Waals surface area (Å²) >= 11 is 0.704. The van der Waals surface area contributed by atoms with Gasteiger partial charge in [-0.3, -0.25) is 4.79 Å². The number of nitrogens with zero attached hydrogens (tertiary/aromatic N) is 2. The summed E-state index contributed by atoms with van der Waals surface area (Å²) in [5, 5.41) is 0. The number of hydrogen-bond acceptors (Lipinski definition) is 3. The summed E-state index contributed by atoms with van der Waals surface area (Å²) in [6.45, 7) is 1.98. The molecule has 0 aliphatic carbocycles. The highest BCUT2D eigenvalue weighted by atomic mass is 32.1. The molecule has 6 heteroatoms. The largest absolute Gasteiger partial charge is 0.345 e. The maximum atomic E-state index is 13.4. The van der Waals surface area contributed by atoms with Crippen molar-refractivity contribution >= 4 is 11.5 Å². The lowest BCUT2D eigenvalue weighted by Crippen LogP contribution is -2.27. The Morgan fingerprint density at radius 1 is 1.31 bits per heavy atom. The molecule has 0 aliphatic rings. The van der Waals surface area contributed by atoms with Gasteiger partial charge in [-0.1, -0.05) is 12.1 Å². The summed E-state index contributed by atoms with van der Waals surface area (Å²) in [6.07, 6.45) is 0. The van der Waals surface area contributed by atoms with Gasteiger partial charge in [0.2, 0.25) is 0 Å². The van der Waals surface area contributed by atoms with E-state index in [2.05, 4.69) is 0 Å². The second-order valence-corrected chi connectivity index (χ2v) is 4.03. The molecule has 0 saturated heterocycles. The lowest BCUT2D eigenvalue weighted by Gasteiger charge is -2.00. The molecule has 1 aromatic heterocycles. The zero-order chi connectivity index (χ0) is 11.7. The van der Waals surface area contributed by atoms with Gasteiger partial charge in [-0.05, 0) is 19.1 Å². The predicted molar refractivity (Wildman–Crippen MR) is 59.8 cm³/mol. The van der Waals surface area contributed by atoms with Crippen LogP contribution in [0.1, 0.15) is 6.92 Å². The highest BCUT2D eigenvalue weighted by Crippen LogP contribution is 2.11. The zero-order valence-corrected chi connectivity index (χ0v) is 9.33. The molecule has 1 aromatic carbocycles. The molecule has 2 aromatic rings. The fraction of sp³-hybridized carbons (Fsp3) is 0.200. The van der Waals surface area contributed by atoms with E-state index in [0.29, 0.717) is 11.5 Å². The van der Waals surface area contributed by atoms with Crippen LogP contribution in [0, 0.1) is 5.82 Å². The molecule has 0 spiro atoms. The number of rotatable bonds is 2. The van der Waals surface area contributed by atoms with Crippen molar-refractivity contribution < 1.29 is 4.39 Å². The molecule has 0 amide bonds. The number of halogens is 1. The van der Waals surface area contributed by atoms with Crippen molar-refractivity contribution in [2.75, 3.05) is 0 Å². The van der Waals surface area contributed by atoms with Crippen molar-refractivity contribution in [2.24, 2.45) is 0 Å². The third kappa shape index (κ3) is 1.61. The van der Waals surface area contributed by atoms with Crippen LogP contribution in [0.25, 0.3) is 5.69 Å². The van der Waals surface area contributed by atoms with Crippen LogP contribution >= 0.6 is 11.5 Å². The van der Waals surface area contributed by atoms with E-state index >= 15 is 0 Å². The summed E-state index contributed by atoms with van der Waals surface area (Å²) in [6, 6.07) is 5.86. The second kappa shape index (κ2) is 4.05. The maximum Gasteiger partial charge on any atom is 0.345 e. The minimum absolute atomic E-state index is 0.113. The summed E-state index contributed by atoms with van der Waals surface area (Å²) in [5.74, 6) is -0.519. The van der Waals surface area contributed by atoms with Gasteiger partial charge in [0, 0.05) is 18.1 Å². The van der Waals surface area contributed by atoms with E-state index in [9.17, 15) is 14.0 Å². The van der Waals surface area contributed by atoms with Crippen molar-refractivity contribution in [1.29, 1.82) is 0 Å². The molecule has 0 N–H and O–H groups in total. The van der Waals surface area contributed by atoms with E-state index in [1.165, 1.54) is 18.2 Å². The van der Waals surface area contributed by atoms with Gasteiger partial charge < -0.3 is 0 Å². The number of hydrogen-bond donors (Lipinski definition) is 0. The van der Waals surface area contributed by atoms with Gasteiger partial charge in [0.1, 0.15) is 5.82 Å². The van der Waals surface area contributed by atoms with Crippen LogP contribution in [0.3, 0.4) is 0 Å². The number of para-hydroxylation sites is 1. The van der Waals surface area contributed by atoms with Gasteiger partial charge in [-0.2, -0.15) is 0 Å². The molecular formula is C10H9FN2O2S. The molecule has 0 aliphatic heterocycles. The van der Waals surface area contributed by atoms with Gasteiger partial charge in [0.05, 0.1) is 5.69 Å². The highest BCUT2D eigenvalue weighted by Gasteiger charge is 2.12. The first-order valence-electron chi connectivity index (χ1n) is 4.73. The SMILES string of the molecule is CCn1c(=O)sn(-c2ccccc2F)c1=O. The van der Waals surface area contributed by atoms with Crippen LogP contribution in [-0.2, 0) is 6.54 Å². The Labute approximate surface area is 94.3 Å².